The van der Waals surface area contributed by atoms with Crippen LogP contribution in [-0.2, 0) is 13.0 Å². The van der Waals surface area contributed by atoms with E-state index < -0.39 is 0 Å². The van der Waals surface area contributed by atoms with Gasteiger partial charge in [0.1, 0.15) is 5.82 Å². The summed E-state index contributed by atoms with van der Waals surface area (Å²) in [5.74, 6) is 1.80. The Balaban J connectivity index is 0.00000261. The number of guanidine groups is 1. The van der Waals surface area contributed by atoms with Crippen molar-refractivity contribution in [1.29, 1.82) is 0 Å². The summed E-state index contributed by atoms with van der Waals surface area (Å²) in [7, 11) is 1.80. The van der Waals surface area contributed by atoms with E-state index in [1.165, 1.54) is 16.7 Å². The predicted molar refractivity (Wildman–Crippen MR) is 121 cm³/mol. The number of nitrogens with one attached hydrogen (secondary N) is 2. The van der Waals surface area contributed by atoms with Gasteiger partial charge < -0.3 is 10.6 Å². The fourth-order valence-electron chi connectivity index (χ4n) is 2.96. The molecule has 7 heteroatoms. The van der Waals surface area contributed by atoms with E-state index in [0.717, 1.165) is 43.4 Å². The molecule has 2 heterocycles. The maximum Gasteiger partial charge on any atom is 0.191 e. The van der Waals surface area contributed by atoms with E-state index in [-0.39, 0.29) is 24.0 Å². The fraction of sp³-hybridized carbons (Fsp3) is 0.350. The number of benzene rings is 1. The van der Waals surface area contributed by atoms with Gasteiger partial charge in [-0.25, -0.2) is 0 Å². The molecule has 0 fully saturated rings. The Morgan fingerprint density at radius 3 is 2.74 bits per heavy atom. The van der Waals surface area contributed by atoms with E-state index in [1.54, 1.807) is 7.05 Å². The predicted octanol–water partition coefficient (Wildman–Crippen LogP) is 3.26. The molecule has 3 rings (SSSR count). The quantitative estimate of drug-likeness (QED) is 0.247. The van der Waals surface area contributed by atoms with Crippen LogP contribution in [0.1, 0.15) is 28.9 Å². The van der Waals surface area contributed by atoms with Gasteiger partial charge in [-0.05, 0) is 43.5 Å². The fourth-order valence-corrected chi connectivity index (χ4v) is 2.96. The second kappa shape index (κ2) is 10.2. The van der Waals surface area contributed by atoms with Gasteiger partial charge in [0.2, 0.25) is 0 Å². The largest absolute Gasteiger partial charge is 0.356 e. The average molecular weight is 478 g/mol. The van der Waals surface area contributed by atoms with Crippen molar-refractivity contribution in [2.24, 2.45) is 4.99 Å². The molecule has 0 aliphatic carbocycles. The molecule has 6 nitrogen and oxygen atoms in total. The SMILES string of the molecule is CN=C(NCCCc1nnc2ccccn12)NCc1ccc(C)cc1C.I. The van der Waals surface area contributed by atoms with Crippen molar-refractivity contribution in [1.82, 2.24) is 25.2 Å². The number of hydrogen-bond acceptors (Lipinski definition) is 3. The number of aryl methyl sites for hydroxylation is 3. The average Bonchev–Trinajstić information content (AvgIpc) is 3.05. The van der Waals surface area contributed by atoms with Crippen molar-refractivity contribution in [2.45, 2.75) is 33.2 Å². The second-order valence-corrected chi connectivity index (χ2v) is 6.43. The number of hydrogen-bond donors (Lipinski definition) is 2. The topological polar surface area (TPSA) is 66.6 Å². The maximum atomic E-state index is 4.30. The number of fused-ring (bicyclic) bond motifs is 1. The van der Waals surface area contributed by atoms with Crippen LogP contribution in [-0.4, -0.2) is 34.2 Å². The summed E-state index contributed by atoms with van der Waals surface area (Å²) in [6.07, 6.45) is 3.83. The highest BCUT2D eigenvalue weighted by Gasteiger charge is 2.05. The Labute approximate surface area is 177 Å². The number of nitrogens with zero attached hydrogens (tertiary/aromatic N) is 4. The standard InChI is InChI=1S/C20H26N6.HI/c1-15-9-10-17(16(2)13-15)14-23-20(21-3)22-11-6-8-19-25-24-18-7-4-5-12-26(18)19;/h4-5,7,9-10,12-13H,6,8,11,14H2,1-3H3,(H2,21,22,23);1H. The van der Waals surface area contributed by atoms with Gasteiger partial charge in [0.05, 0.1) is 0 Å². The van der Waals surface area contributed by atoms with Crippen molar-refractivity contribution in [2.75, 3.05) is 13.6 Å². The molecule has 27 heavy (non-hydrogen) atoms. The molecule has 0 unspecified atom stereocenters. The first-order chi connectivity index (χ1) is 12.7. The van der Waals surface area contributed by atoms with Crippen LogP contribution >= 0.6 is 24.0 Å². The monoisotopic (exact) mass is 478 g/mol. The lowest BCUT2D eigenvalue weighted by Gasteiger charge is -2.13. The summed E-state index contributed by atoms with van der Waals surface area (Å²) in [6, 6.07) is 12.5. The van der Waals surface area contributed by atoms with E-state index in [1.807, 2.05) is 28.8 Å². The first kappa shape index (κ1) is 21.1. The minimum Gasteiger partial charge on any atom is -0.356 e. The maximum absolute atomic E-state index is 4.30. The first-order valence-corrected chi connectivity index (χ1v) is 8.96. The van der Waals surface area contributed by atoms with E-state index in [9.17, 15) is 0 Å². The molecule has 0 spiro atoms. The third kappa shape index (κ3) is 5.66. The molecular formula is C20H27IN6. The lowest BCUT2D eigenvalue weighted by molar-refractivity contribution is 0.713. The van der Waals surface area contributed by atoms with E-state index >= 15 is 0 Å². The minimum absolute atomic E-state index is 0. The third-order valence-corrected chi connectivity index (χ3v) is 4.42. The van der Waals surface area contributed by atoms with Gasteiger partial charge in [-0.3, -0.25) is 9.39 Å². The minimum atomic E-state index is 0. The zero-order chi connectivity index (χ0) is 18.4. The molecule has 0 aliphatic rings. The summed E-state index contributed by atoms with van der Waals surface area (Å²) in [5.41, 5.74) is 4.76. The van der Waals surface area contributed by atoms with Gasteiger partial charge in [0.15, 0.2) is 11.6 Å². The molecule has 0 atom stereocenters. The van der Waals surface area contributed by atoms with Crippen LogP contribution < -0.4 is 10.6 Å². The molecule has 144 valence electrons. The molecule has 0 radical (unpaired) electrons. The summed E-state index contributed by atoms with van der Waals surface area (Å²) in [4.78, 5) is 4.30. The van der Waals surface area contributed by atoms with Crippen molar-refractivity contribution < 1.29 is 0 Å². The summed E-state index contributed by atoms with van der Waals surface area (Å²) in [6.45, 7) is 5.85. The summed E-state index contributed by atoms with van der Waals surface area (Å²) >= 11 is 0. The zero-order valence-electron chi connectivity index (χ0n) is 16.1. The smallest absolute Gasteiger partial charge is 0.191 e. The number of aromatic nitrogens is 3. The summed E-state index contributed by atoms with van der Waals surface area (Å²) in [5, 5.41) is 15.2. The van der Waals surface area contributed by atoms with Crippen LogP contribution in [0.3, 0.4) is 0 Å². The van der Waals surface area contributed by atoms with Gasteiger partial charge in [-0.2, -0.15) is 0 Å². The molecule has 2 aromatic heterocycles. The Kier molecular flexibility index (Phi) is 8.02. The van der Waals surface area contributed by atoms with E-state index in [2.05, 4.69) is 57.9 Å². The molecule has 0 saturated heterocycles. The Morgan fingerprint density at radius 1 is 1.11 bits per heavy atom. The number of halogens is 1. The Hall–Kier alpha value is -2.16. The van der Waals surface area contributed by atoms with Gasteiger partial charge in [-0.1, -0.05) is 29.8 Å². The highest BCUT2D eigenvalue weighted by atomic mass is 127. The van der Waals surface area contributed by atoms with Crippen LogP contribution in [0, 0.1) is 13.8 Å². The number of aliphatic imine (C=N–C) groups is 1. The van der Waals surface area contributed by atoms with Crippen molar-refractivity contribution in [3.8, 4) is 0 Å². The third-order valence-electron chi connectivity index (χ3n) is 4.42. The summed E-state index contributed by atoms with van der Waals surface area (Å²) < 4.78 is 2.03. The zero-order valence-corrected chi connectivity index (χ0v) is 18.4. The second-order valence-electron chi connectivity index (χ2n) is 6.43. The Bertz CT molecular complexity index is 902. The molecule has 0 aliphatic heterocycles. The highest BCUT2D eigenvalue weighted by molar-refractivity contribution is 14.0. The van der Waals surface area contributed by atoms with Crippen LogP contribution in [0.4, 0.5) is 0 Å². The van der Waals surface area contributed by atoms with Crippen LogP contribution in [0.2, 0.25) is 0 Å². The van der Waals surface area contributed by atoms with Gasteiger partial charge >= 0.3 is 0 Å². The Morgan fingerprint density at radius 2 is 1.96 bits per heavy atom. The molecule has 3 aromatic rings. The molecule has 2 N–H and O–H groups in total. The lowest BCUT2D eigenvalue weighted by Crippen LogP contribution is -2.37. The molecule has 0 saturated carbocycles. The molecule has 1 aromatic carbocycles. The van der Waals surface area contributed by atoms with E-state index in [0.29, 0.717) is 0 Å². The van der Waals surface area contributed by atoms with Crippen molar-refractivity contribution in [3.63, 3.8) is 0 Å². The normalized spacial score (nSPS) is 11.3. The number of rotatable bonds is 6. The van der Waals surface area contributed by atoms with Crippen LogP contribution in [0.15, 0.2) is 47.6 Å². The first-order valence-electron chi connectivity index (χ1n) is 8.96. The van der Waals surface area contributed by atoms with Crippen LogP contribution in [0.5, 0.6) is 0 Å². The van der Waals surface area contributed by atoms with Crippen molar-refractivity contribution >= 4 is 35.6 Å². The van der Waals surface area contributed by atoms with Crippen molar-refractivity contribution in [3.05, 3.63) is 65.1 Å². The molecule has 0 amide bonds. The molecular weight excluding hydrogens is 451 g/mol. The van der Waals surface area contributed by atoms with Gasteiger partial charge in [-0.15, -0.1) is 34.2 Å². The van der Waals surface area contributed by atoms with Gasteiger partial charge in [0, 0.05) is 32.8 Å². The van der Waals surface area contributed by atoms with Gasteiger partial charge in [0.25, 0.3) is 0 Å². The van der Waals surface area contributed by atoms with E-state index in [4.69, 9.17) is 0 Å². The lowest BCUT2D eigenvalue weighted by atomic mass is 10.1. The molecule has 0 bridgehead atoms. The number of pyridine rings is 1. The highest BCUT2D eigenvalue weighted by Crippen LogP contribution is 2.10. The van der Waals surface area contributed by atoms with Crippen LogP contribution in [0.25, 0.3) is 5.65 Å².